The first-order valence-electron chi connectivity index (χ1n) is 7.58. The van der Waals surface area contributed by atoms with Gasteiger partial charge in [0.25, 0.3) is 0 Å². The van der Waals surface area contributed by atoms with Crippen molar-refractivity contribution in [3.05, 3.63) is 59.7 Å². The molecule has 0 aliphatic carbocycles. The van der Waals surface area contributed by atoms with E-state index in [1.807, 2.05) is 18.2 Å². The fourth-order valence-electron chi connectivity index (χ4n) is 2.21. The molecule has 0 saturated carbocycles. The summed E-state index contributed by atoms with van der Waals surface area (Å²) in [5.41, 5.74) is 0.911. The topological polar surface area (TPSA) is 64.9 Å². The van der Waals surface area contributed by atoms with Crippen molar-refractivity contribution in [2.24, 2.45) is 0 Å². The van der Waals surface area contributed by atoms with Crippen molar-refractivity contribution < 1.29 is 13.6 Å². The molecule has 2 aromatic rings. The third kappa shape index (κ3) is 5.55. The summed E-state index contributed by atoms with van der Waals surface area (Å²) in [6, 6.07) is 12.1. The maximum atomic E-state index is 13.7. The number of thioether (sulfide) groups is 1. The first-order valence-corrected chi connectivity index (χ1v) is 8.56. The van der Waals surface area contributed by atoms with Crippen LogP contribution in [0.25, 0.3) is 0 Å². The summed E-state index contributed by atoms with van der Waals surface area (Å²) in [5, 5.41) is 14.3. The molecule has 2 N–H and O–H groups in total. The first kappa shape index (κ1) is 18.9. The number of para-hydroxylation sites is 1. The second-order valence-electron chi connectivity index (χ2n) is 5.26. The Morgan fingerprint density at radius 3 is 2.76 bits per heavy atom. The van der Waals surface area contributed by atoms with Crippen molar-refractivity contribution in [3.63, 3.8) is 0 Å². The summed E-state index contributed by atoms with van der Waals surface area (Å²) >= 11 is 1.33. The van der Waals surface area contributed by atoms with E-state index in [1.54, 1.807) is 19.1 Å². The summed E-state index contributed by atoms with van der Waals surface area (Å²) in [5.74, 6) is -1.30. The van der Waals surface area contributed by atoms with Crippen LogP contribution in [0, 0.1) is 23.0 Å². The monoisotopic (exact) mass is 361 g/mol. The number of nitriles is 1. The van der Waals surface area contributed by atoms with Crippen LogP contribution in [0.1, 0.15) is 18.5 Å². The van der Waals surface area contributed by atoms with Crippen LogP contribution in [0.2, 0.25) is 0 Å². The van der Waals surface area contributed by atoms with Crippen LogP contribution in [0.15, 0.2) is 47.4 Å². The van der Waals surface area contributed by atoms with Gasteiger partial charge in [-0.25, -0.2) is 8.78 Å². The molecule has 0 aliphatic heterocycles. The molecule has 0 spiro atoms. The van der Waals surface area contributed by atoms with E-state index in [0.717, 1.165) is 11.0 Å². The number of benzene rings is 2. The fraction of sp³-hybridized carbons (Fsp3) is 0.222. The van der Waals surface area contributed by atoms with Crippen molar-refractivity contribution in [2.75, 3.05) is 17.6 Å². The van der Waals surface area contributed by atoms with Gasteiger partial charge in [-0.2, -0.15) is 5.26 Å². The van der Waals surface area contributed by atoms with Crippen LogP contribution in [0.5, 0.6) is 0 Å². The molecule has 0 radical (unpaired) electrons. The Kier molecular flexibility index (Phi) is 6.92. The van der Waals surface area contributed by atoms with E-state index in [4.69, 9.17) is 5.26 Å². The number of anilines is 1. The zero-order chi connectivity index (χ0) is 18.2. The van der Waals surface area contributed by atoms with Crippen LogP contribution < -0.4 is 10.6 Å². The molecule has 7 heteroatoms. The number of hydrogen-bond acceptors (Lipinski definition) is 4. The molecule has 0 fully saturated rings. The largest absolute Gasteiger partial charge is 0.324 e. The lowest BCUT2D eigenvalue weighted by Crippen LogP contribution is -2.30. The molecule has 1 amide bonds. The van der Waals surface area contributed by atoms with Gasteiger partial charge < -0.3 is 10.6 Å². The summed E-state index contributed by atoms with van der Waals surface area (Å²) < 4.78 is 26.7. The Hall–Kier alpha value is -2.43. The predicted molar refractivity (Wildman–Crippen MR) is 94.2 cm³/mol. The van der Waals surface area contributed by atoms with Crippen LogP contribution in [0.4, 0.5) is 14.5 Å². The highest BCUT2D eigenvalue weighted by atomic mass is 32.2. The summed E-state index contributed by atoms with van der Waals surface area (Å²) in [6.07, 6.45) is 0. The van der Waals surface area contributed by atoms with E-state index in [2.05, 4.69) is 10.6 Å². The first-order chi connectivity index (χ1) is 12.0. The second kappa shape index (κ2) is 9.16. The van der Waals surface area contributed by atoms with Gasteiger partial charge in [-0.3, -0.25) is 4.79 Å². The molecule has 0 saturated heterocycles. The fourth-order valence-corrected chi connectivity index (χ4v) is 2.88. The van der Waals surface area contributed by atoms with Crippen LogP contribution in [-0.4, -0.2) is 18.2 Å². The highest BCUT2D eigenvalue weighted by Crippen LogP contribution is 2.26. The molecule has 1 atom stereocenters. The number of carbonyl (C=O) groups excluding carboxylic acids is 1. The summed E-state index contributed by atoms with van der Waals surface area (Å²) in [6.45, 7) is 1.66. The molecule has 0 bridgehead atoms. The maximum Gasteiger partial charge on any atom is 0.238 e. The number of nitrogens with zero attached hydrogens (tertiary/aromatic N) is 1. The molecule has 130 valence electrons. The Labute approximate surface area is 149 Å². The van der Waals surface area contributed by atoms with E-state index in [9.17, 15) is 13.6 Å². The number of rotatable bonds is 7. The van der Waals surface area contributed by atoms with Gasteiger partial charge in [-0.05, 0) is 25.1 Å². The summed E-state index contributed by atoms with van der Waals surface area (Å²) in [4.78, 5) is 12.9. The van der Waals surface area contributed by atoms with Gasteiger partial charge in [0.05, 0.1) is 24.1 Å². The highest BCUT2D eigenvalue weighted by Gasteiger charge is 2.13. The third-order valence-electron chi connectivity index (χ3n) is 3.45. The van der Waals surface area contributed by atoms with E-state index >= 15 is 0 Å². The Balaban J connectivity index is 1.94. The molecule has 2 rings (SSSR count). The quantitative estimate of drug-likeness (QED) is 0.735. The normalized spacial score (nSPS) is 11.6. The van der Waals surface area contributed by atoms with Gasteiger partial charge >= 0.3 is 0 Å². The smallest absolute Gasteiger partial charge is 0.238 e. The van der Waals surface area contributed by atoms with Gasteiger partial charge in [0.15, 0.2) is 0 Å². The van der Waals surface area contributed by atoms with Crippen molar-refractivity contribution in [1.29, 1.82) is 5.26 Å². The zero-order valence-electron chi connectivity index (χ0n) is 13.6. The molecule has 25 heavy (non-hydrogen) atoms. The van der Waals surface area contributed by atoms with Crippen LogP contribution in [0.3, 0.4) is 0 Å². The number of halogens is 2. The Bertz CT molecular complexity index is 792. The average molecular weight is 361 g/mol. The number of amides is 1. The van der Waals surface area contributed by atoms with E-state index in [0.29, 0.717) is 11.3 Å². The standard InChI is InChI=1S/C18H17F2N3OS/c1-12(14-7-6-13(19)10-15(14)20)22-11-18(24)23-16-4-2-3-5-17(16)25-9-8-21/h2-7,10,12,22H,9,11H2,1H3,(H,23,24)/t12-/m0/s1. The molecule has 2 aromatic carbocycles. The number of hydrogen-bond donors (Lipinski definition) is 2. The number of nitrogens with one attached hydrogen (secondary N) is 2. The lowest BCUT2D eigenvalue weighted by Gasteiger charge is -2.15. The van der Waals surface area contributed by atoms with Crippen LogP contribution >= 0.6 is 11.8 Å². The maximum absolute atomic E-state index is 13.7. The molecule has 0 aromatic heterocycles. The van der Waals surface area contributed by atoms with Gasteiger partial charge in [0, 0.05) is 22.6 Å². The van der Waals surface area contributed by atoms with Gasteiger partial charge in [-0.1, -0.05) is 18.2 Å². The van der Waals surface area contributed by atoms with Crippen molar-refractivity contribution in [2.45, 2.75) is 17.9 Å². The molecule has 4 nitrogen and oxygen atoms in total. The second-order valence-corrected chi connectivity index (χ2v) is 6.28. The highest BCUT2D eigenvalue weighted by molar-refractivity contribution is 7.99. The van der Waals surface area contributed by atoms with E-state index < -0.39 is 17.7 Å². The van der Waals surface area contributed by atoms with Gasteiger partial charge in [0.2, 0.25) is 5.91 Å². The molecular formula is C18H17F2N3OS. The molecular weight excluding hydrogens is 344 g/mol. The average Bonchev–Trinajstić information content (AvgIpc) is 2.59. The third-order valence-corrected chi connectivity index (χ3v) is 4.39. The molecule has 0 unspecified atom stereocenters. The van der Waals surface area contributed by atoms with E-state index in [-0.39, 0.29) is 18.2 Å². The molecule has 0 heterocycles. The molecule has 0 aliphatic rings. The SMILES string of the molecule is C[C@H](NCC(=O)Nc1ccccc1SCC#N)c1ccc(F)cc1F. The minimum Gasteiger partial charge on any atom is -0.324 e. The minimum absolute atomic E-state index is 0.0325. The summed E-state index contributed by atoms with van der Waals surface area (Å²) in [7, 11) is 0. The van der Waals surface area contributed by atoms with Crippen molar-refractivity contribution >= 4 is 23.4 Å². The van der Waals surface area contributed by atoms with Crippen molar-refractivity contribution in [3.8, 4) is 6.07 Å². The Morgan fingerprint density at radius 2 is 2.04 bits per heavy atom. The lowest BCUT2D eigenvalue weighted by atomic mass is 10.1. The Morgan fingerprint density at radius 1 is 1.28 bits per heavy atom. The zero-order valence-corrected chi connectivity index (χ0v) is 14.4. The lowest BCUT2D eigenvalue weighted by molar-refractivity contribution is -0.115. The van der Waals surface area contributed by atoms with E-state index in [1.165, 1.54) is 23.9 Å². The van der Waals surface area contributed by atoms with Gasteiger partial charge in [0.1, 0.15) is 11.6 Å². The predicted octanol–water partition coefficient (Wildman–Crippen LogP) is 3.87. The van der Waals surface area contributed by atoms with Crippen LogP contribution in [-0.2, 0) is 4.79 Å². The van der Waals surface area contributed by atoms with Gasteiger partial charge in [-0.15, -0.1) is 11.8 Å². The van der Waals surface area contributed by atoms with Crippen molar-refractivity contribution in [1.82, 2.24) is 5.32 Å². The minimum atomic E-state index is -0.654. The number of carbonyl (C=O) groups is 1.